The Balaban J connectivity index is 2.70. The van der Waals surface area contributed by atoms with Gasteiger partial charge < -0.3 is 10.6 Å². The minimum Gasteiger partial charge on any atom is -0.352 e. The van der Waals surface area contributed by atoms with Crippen molar-refractivity contribution in [2.75, 3.05) is 19.5 Å². The Morgan fingerprint density at radius 3 is 2.45 bits per heavy atom. The molecule has 0 bridgehead atoms. The van der Waals surface area contributed by atoms with Gasteiger partial charge >= 0.3 is 6.03 Å². The summed E-state index contributed by atoms with van der Waals surface area (Å²) in [6.07, 6.45) is 0. The first-order chi connectivity index (χ1) is 10.1. The van der Waals surface area contributed by atoms with E-state index in [9.17, 15) is 9.59 Å². The molecule has 0 aromatic heterocycles. The van der Waals surface area contributed by atoms with Gasteiger partial charge in [0.25, 0.3) is 0 Å². The second-order valence-electron chi connectivity index (χ2n) is 5.85. The minimum atomic E-state index is -0.453. The number of carbonyl (C=O) groups is 2. The smallest absolute Gasteiger partial charge is 0.345 e. The van der Waals surface area contributed by atoms with Crippen LogP contribution in [-0.4, -0.2) is 31.2 Å². The number of hydrogen-bond acceptors (Lipinski definition) is 3. The lowest BCUT2D eigenvalue weighted by Gasteiger charge is -2.18. The predicted octanol–water partition coefficient (Wildman–Crippen LogP) is 3.03. The van der Waals surface area contributed by atoms with E-state index in [2.05, 4.69) is 10.6 Å². The van der Waals surface area contributed by atoms with Crippen LogP contribution in [-0.2, 0) is 16.2 Å². The molecule has 0 aliphatic rings. The molecule has 0 saturated heterocycles. The molecule has 0 unspecified atom stereocenters. The molecule has 1 aromatic carbocycles. The molecule has 122 valence electrons. The van der Waals surface area contributed by atoms with Crippen molar-refractivity contribution in [3.05, 3.63) is 28.8 Å². The zero-order chi connectivity index (χ0) is 16.9. The highest BCUT2D eigenvalue weighted by atomic mass is 35.5. The van der Waals surface area contributed by atoms with Crippen LogP contribution < -0.4 is 10.6 Å². The van der Waals surface area contributed by atoms with E-state index in [1.54, 1.807) is 18.2 Å². The fourth-order valence-corrected chi connectivity index (χ4v) is 1.74. The molecule has 0 aliphatic carbocycles. The molecule has 0 heterocycles. The highest BCUT2D eigenvalue weighted by Gasteiger charge is 2.20. The number of urea groups is 1. The quantitative estimate of drug-likeness (QED) is 0.835. The highest BCUT2D eigenvalue weighted by Crippen LogP contribution is 2.22. The standard InChI is InChI=1S/C15H22ClN3O3/c1-15(2,3)13(20)17-9-10-6-7-11(8-12(10)16)18-14(21)19(4)22-5/h6-8H,9H2,1-5H3,(H,17,20)(H,18,21). The van der Waals surface area contributed by atoms with Crippen LogP contribution in [0.25, 0.3) is 0 Å². The van der Waals surface area contributed by atoms with Crippen molar-refractivity contribution in [1.82, 2.24) is 10.4 Å². The molecule has 0 saturated carbocycles. The number of anilines is 1. The second-order valence-corrected chi connectivity index (χ2v) is 6.26. The van der Waals surface area contributed by atoms with Crippen LogP contribution in [0, 0.1) is 5.41 Å². The third-order valence-corrected chi connectivity index (χ3v) is 3.34. The van der Waals surface area contributed by atoms with Crippen LogP contribution in [0.5, 0.6) is 0 Å². The first-order valence-corrected chi connectivity index (χ1v) is 7.18. The Morgan fingerprint density at radius 1 is 1.32 bits per heavy atom. The van der Waals surface area contributed by atoms with E-state index in [-0.39, 0.29) is 5.91 Å². The van der Waals surface area contributed by atoms with Gasteiger partial charge in [0.15, 0.2) is 0 Å². The summed E-state index contributed by atoms with van der Waals surface area (Å²) in [4.78, 5) is 28.3. The summed E-state index contributed by atoms with van der Waals surface area (Å²) in [6.45, 7) is 5.86. The molecule has 1 aromatic rings. The number of hydroxylamine groups is 2. The summed E-state index contributed by atoms with van der Waals surface area (Å²) in [5.41, 5.74) is 0.868. The Hall–Kier alpha value is -1.79. The zero-order valence-electron chi connectivity index (χ0n) is 13.5. The fraction of sp³-hybridized carbons (Fsp3) is 0.467. The highest BCUT2D eigenvalue weighted by molar-refractivity contribution is 6.31. The maximum atomic E-state index is 11.8. The minimum absolute atomic E-state index is 0.0531. The van der Waals surface area contributed by atoms with Gasteiger partial charge in [0, 0.05) is 29.7 Å². The summed E-state index contributed by atoms with van der Waals surface area (Å²) in [7, 11) is 2.89. The Morgan fingerprint density at radius 2 is 1.95 bits per heavy atom. The maximum absolute atomic E-state index is 11.8. The summed E-state index contributed by atoms with van der Waals surface area (Å²) in [5.74, 6) is -0.0531. The van der Waals surface area contributed by atoms with Crippen LogP contribution in [0.1, 0.15) is 26.3 Å². The summed E-state index contributed by atoms with van der Waals surface area (Å²) >= 11 is 6.18. The van der Waals surface area contributed by atoms with E-state index in [0.717, 1.165) is 10.6 Å². The average Bonchev–Trinajstić information content (AvgIpc) is 2.44. The van der Waals surface area contributed by atoms with Gasteiger partial charge in [-0.05, 0) is 17.7 Å². The SMILES string of the molecule is CON(C)C(=O)Nc1ccc(CNC(=O)C(C)(C)C)c(Cl)c1. The van der Waals surface area contributed by atoms with Crippen molar-refractivity contribution in [3.63, 3.8) is 0 Å². The number of amides is 3. The largest absolute Gasteiger partial charge is 0.352 e. The van der Waals surface area contributed by atoms with Crippen LogP contribution in [0.3, 0.4) is 0 Å². The third-order valence-electron chi connectivity index (χ3n) is 2.98. The number of rotatable bonds is 4. The first-order valence-electron chi connectivity index (χ1n) is 6.80. The van der Waals surface area contributed by atoms with Crippen molar-refractivity contribution in [2.45, 2.75) is 27.3 Å². The van der Waals surface area contributed by atoms with Crippen molar-refractivity contribution in [2.24, 2.45) is 5.41 Å². The van der Waals surface area contributed by atoms with E-state index >= 15 is 0 Å². The van der Waals surface area contributed by atoms with Crippen molar-refractivity contribution >= 4 is 29.2 Å². The molecule has 0 radical (unpaired) electrons. The van der Waals surface area contributed by atoms with Gasteiger partial charge in [0.05, 0.1) is 7.11 Å². The lowest BCUT2D eigenvalue weighted by Crippen LogP contribution is -2.34. The molecule has 2 N–H and O–H groups in total. The van der Waals surface area contributed by atoms with E-state index < -0.39 is 11.4 Å². The van der Waals surface area contributed by atoms with Gasteiger partial charge in [-0.1, -0.05) is 38.4 Å². The monoisotopic (exact) mass is 327 g/mol. The second kappa shape index (κ2) is 7.47. The molecule has 22 heavy (non-hydrogen) atoms. The summed E-state index contributed by atoms with van der Waals surface area (Å²) in [6, 6.07) is 4.69. The van der Waals surface area contributed by atoms with Gasteiger partial charge in [-0.3, -0.25) is 9.63 Å². The topological polar surface area (TPSA) is 70.7 Å². The third kappa shape index (κ3) is 5.20. The van der Waals surface area contributed by atoms with Crippen LogP contribution in [0.4, 0.5) is 10.5 Å². The molecule has 0 aliphatic heterocycles. The van der Waals surface area contributed by atoms with E-state index in [1.807, 2.05) is 20.8 Å². The van der Waals surface area contributed by atoms with Crippen LogP contribution in [0.2, 0.25) is 5.02 Å². The van der Waals surface area contributed by atoms with Gasteiger partial charge in [-0.25, -0.2) is 9.86 Å². The number of benzene rings is 1. The molecule has 0 fully saturated rings. The van der Waals surface area contributed by atoms with Crippen molar-refractivity contribution in [3.8, 4) is 0 Å². The lowest BCUT2D eigenvalue weighted by atomic mass is 9.95. The average molecular weight is 328 g/mol. The fourth-order valence-electron chi connectivity index (χ4n) is 1.49. The molecular formula is C15H22ClN3O3. The van der Waals surface area contributed by atoms with E-state index in [0.29, 0.717) is 17.3 Å². The predicted molar refractivity (Wildman–Crippen MR) is 86.5 cm³/mol. The van der Waals surface area contributed by atoms with Gasteiger partial charge in [0.1, 0.15) is 0 Å². The Bertz CT molecular complexity index is 555. The van der Waals surface area contributed by atoms with Crippen molar-refractivity contribution < 1.29 is 14.4 Å². The van der Waals surface area contributed by atoms with E-state index in [1.165, 1.54) is 14.2 Å². The molecule has 1 rings (SSSR count). The molecule has 6 nitrogen and oxygen atoms in total. The maximum Gasteiger partial charge on any atom is 0.345 e. The van der Waals surface area contributed by atoms with E-state index in [4.69, 9.17) is 16.4 Å². The zero-order valence-corrected chi connectivity index (χ0v) is 14.2. The molecule has 3 amide bonds. The molecule has 0 spiro atoms. The van der Waals surface area contributed by atoms with Gasteiger partial charge in [-0.15, -0.1) is 0 Å². The number of nitrogens with zero attached hydrogens (tertiary/aromatic N) is 1. The molecule has 7 heteroatoms. The lowest BCUT2D eigenvalue weighted by molar-refractivity contribution is -0.128. The van der Waals surface area contributed by atoms with Crippen LogP contribution >= 0.6 is 11.6 Å². The van der Waals surface area contributed by atoms with Gasteiger partial charge in [-0.2, -0.15) is 0 Å². The number of halogens is 1. The Kier molecular flexibility index (Phi) is 6.20. The van der Waals surface area contributed by atoms with Crippen LogP contribution in [0.15, 0.2) is 18.2 Å². The molecule has 0 atom stereocenters. The summed E-state index contributed by atoms with van der Waals surface area (Å²) in [5, 5.41) is 6.99. The number of hydrogen-bond donors (Lipinski definition) is 2. The summed E-state index contributed by atoms with van der Waals surface area (Å²) < 4.78 is 0. The normalized spacial score (nSPS) is 11.0. The Labute approximate surface area is 135 Å². The van der Waals surface area contributed by atoms with Crippen molar-refractivity contribution in [1.29, 1.82) is 0 Å². The number of carbonyl (C=O) groups excluding carboxylic acids is 2. The first kappa shape index (κ1) is 18.3. The van der Waals surface area contributed by atoms with Gasteiger partial charge in [0.2, 0.25) is 5.91 Å². The number of nitrogens with one attached hydrogen (secondary N) is 2. The molecular weight excluding hydrogens is 306 g/mol.